The average Bonchev–Trinajstić information content (AvgIpc) is 2.47. The van der Waals surface area contributed by atoms with Crippen molar-refractivity contribution in [1.29, 1.82) is 0 Å². The van der Waals surface area contributed by atoms with Crippen molar-refractivity contribution in [2.75, 3.05) is 0 Å². The van der Waals surface area contributed by atoms with E-state index < -0.39 is 5.97 Å². The summed E-state index contributed by atoms with van der Waals surface area (Å²) in [6.07, 6.45) is 3.19. The summed E-state index contributed by atoms with van der Waals surface area (Å²) in [6.45, 7) is 3.84. The molecule has 4 heteroatoms. The van der Waals surface area contributed by atoms with Crippen molar-refractivity contribution in [2.24, 2.45) is 0 Å². The second-order valence-electron chi connectivity index (χ2n) is 3.36. The molecule has 0 aliphatic rings. The Morgan fingerprint density at radius 3 is 2.86 bits per heavy atom. The minimum atomic E-state index is -0.938. The van der Waals surface area contributed by atoms with Crippen LogP contribution in [0.3, 0.4) is 0 Å². The Kier molecular flexibility index (Phi) is 1.77. The third-order valence-corrected chi connectivity index (χ3v) is 2.17. The van der Waals surface area contributed by atoms with Gasteiger partial charge < -0.3 is 5.11 Å². The van der Waals surface area contributed by atoms with Gasteiger partial charge in [-0.05, 0) is 25.0 Å². The summed E-state index contributed by atoms with van der Waals surface area (Å²) in [5, 5.41) is 12.9. The number of hydrogen-bond donors (Lipinski definition) is 1. The predicted octanol–water partition coefficient (Wildman–Crippen LogP) is 1.65. The van der Waals surface area contributed by atoms with Crippen LogP contribution in [-0.2, 0) is 0 Å². The Labute approximate surface area is 80.8 Å². The summed E-state index contributed by atoms with van der Waals surface area (Å²) in [5.74, 6) is -0.938. The van der Waals surface area contributed by atoms with Crippen LogP contribution in [0.2, 0.25) is 0 Å². The zero-order chi connectivity index (χ0) is 10.3. The number of carboxylic acid groups (broad SMARTS) is 1. The summed E-state index contributed by atoms with van der Waals surface area (Å²) in [6, 6.07) is 1.95. The van der Waals surface area contributed by atoms with Gasteiger partial charge in [0.1, 0.15) is 5.56 Å². The van der Waals surface area contributed by atoms with Crippen molar-refractivity contribution >= 4 is 11.5 Å². The van der Waals surface area contributed by atoms with Gasteiger partial charge in [-0.25, -0.2) is 9.31 Å². The Morgan fingerprint density at radius 1 is 1.50 bits per heavy atom. The Balaban J connectivity index is 2.85. The smallest absolute Gasteiger partial charge is 0.339 e. The third kappa shape index (κ3) is 1.16. The molecule has 0 aromatic carbocycles. The first kappa shape index (κ1) is 8.74. The number of pyridine rings is 1. The van der Waals surface area contributed by atoms with E-state index in [1.807, 2.05) is 26.1 Å². The fraction of sp³-hybridized carbons (Fsp3) is 0.200. The molecule has 0 bridgehead atoms. The minimum Gasteiger partial charge on any atom is -0.478 e. The summed E-state index contributed by atoms with van der Waals surface area (Å²) in [4.78, 5) is 10.9. The van der Waals surface area contributed by atoms with Gasteiger partial charge in [0.2, 0.25) is 0 Å². The van der Waals surface area contributed by atoms with E-state index >= 15 is 0 Å². The molecular formula is C10H10N2O2. The normalized spacial score (nSPS) is 10.7. The van der Waals surface area contributed by atoms with E-state index in [4.69, 9.17) is 5.11 Å². The number of aromatic carboxylic acids is 1. The standard InChI is InChI=1S/C10H10N2O2/c1-6-3-7(2)9-8(10(13)14)4-11-12(9)5-6/h3-5H,1-2H3,(H,13,14). The van der Waals surface area contributed by atoms with Crippen LogP contribution in [0.15, 0.2) is 18.5 Å². The highest BCUT2D eigenvalue weighted by atomic mass is 16.4. The fourth-order valence-electron chi connectivity index (χ4n) is 1.65. The molecule has 0 saturated carbocycles. The molecule has 2 aromatic rings. The van der Waals surface area contributed by atoms with Gasteiger partial charge in [0, 0.05) is 6.20 Å². The lowest BCUT2D eigenvalue weighted by Crippen LogP contribution is -1.97. The third-order valence-electron chi connectivity index (χ3n) is 2.17. The summed E-state index contributed by atoms with van der Waals surface area (Å²) >= 11 is 0. The molecule has 4 nitrogen and oxygen atoms in total. The first-order valence-electron chi connectivity index (χ1n) is 4.27. The summed E-state index contributed by atoms with van der Waals surface area (Å²) in [5.41, 5.74) is 2.92. The lowest BCUT2D eigenvalue weighted by Gasteiger charge is -2.01. The first-order valence-corrected chi connectivity index (χ1v) is 4.27. The van der Waals surface area contributed by atoms with E-state index in [0.717, 1.165) is 11.1 Å². The number of hydrogen-bond acceptors (Lipinski definition) is 2. The molecule has 0 aliphatic carbocycles. The van der Waals surface area contributed by atoms with Crippen molar-refractivity contribution in [3.8, 4) is 0 Å². The molecule has 0 radical (unpaired) electrons. The molecule has 0 saturated heterocycles. The SMILES string of the molecule is Cc1cc(C)c2c(C(=O)O)cnn2c1. The van der Waals surface area contributed by atoms with Gasteiger partial charge in [-0.2, -0.15) is 5.10 Å². The molecular weight excluding hydrogens is 180 g/mol. The number of carbonyl (C=O) groups is 1. The van der Waals surface area contributed by atoms with Crippen molar-refractivity contribution in [3.05, 3.63) is 35.2 Å². The molecule has 0 atom stereocenters. The zero-order valence-corrected chi connectivity index (χ0v) is 7.98. The zero-order valence-electron chi connectivity index (χ0n) is 7.98. The van der Waals surface area contributed by atoms with Crippen LogP contribution in [0.4, 0.5) is 0 Å². The summed E-state index contributed by atoms with van der Waals surface area (Å²) < 4.78 is 1.61. The van der Waals surface area contributed by atoms with E-state index in [0.29, 0.717) is 5.52 Å². The van der Waals surface area contributed by atoms with Crippen LogP contribution in [0, 0.1) is 13.8 Å². The maximum absolute atomic E-state index is 10.9. The van der Waals surface area contributed by atoms with Gasteiger partial charge in [-0.1, -0.05) is 6.07 Å². The number of fused-ring (bicyclic) bond motifs is 1. The number of aryl methyl sites for hydroxylation is 2. The lowest BCUT2D eigenvalue weighted by molar-refractivity contribution is 0.0699. The van der Waals surface area contributed by atoms with Gasteiger partial charge in [0.05, 0.1) is 11.7 Å². The number of carboxylic acids is 1. The van der Waals surface area contributed by atoms with Crippen LogP contribution in [0.25, 0.3) is 5.52 Å². The van der Waals surface area contributed by atoms with Gasteiger partial charge in [-0.15, -0.1) is 0 Å². The Morgan fingerprint density at radius 2 is 2.21 bits per heavy atom. The van der Waals surface area contributed by atoms with Crippen LogP contribution >= 0.6 is 0 Å². The molecule has 0 unspecified atom stereocenters. The second-order valence-corrected chi connectivity index (χ2v) is 3.36. The van der Waals surface area contributed by atoms with E-state index in [-0.39, 0.29) is 5.56 Å². The maximum atomic E-state index is 10.9. The number of nitrogens with zero attached hydrogens (tertiary/aromatic N) is 2. The van der Waals surface area contributed by atoms with E-state index in [1.165, 1.54) is 6.20 Å². The van der Waals surface area contributed by atoms with Gasteiger partial charge >= 0.3 is 5.97 Å². The predicted molar refractivity (Wildman–Crippen MR) is 51.6 cm³/mol. The van der Waals surface area contributed by atoms with Crippen molar-refractivity contribution in [2.45, 2.75) is 13.8 Å². The quantitative estimate of drug-likeness (QED) is 0.743. The average molecular weight is 190 g/mol. The first-order chi connectivity index (χ1) is 6.59. The Hall–Kier alpha value is -1.84. The van der Waals surface area contributed by atoms with Gasteiger partial charge in [0.25, 0.3) is 0 Å². The van der Waals surface area contributed by atoms with Crippen LogP contribution in [0.1, 0.15) is 21.5 Å². The van der Waals surface area contributed by atoms with Crippen LogP contribution in [-0.4, -0.2) is 20.7 Å². The molecule has 72 valence electrons. The van der Waals surface area contributed by atoms with Gasteiger partial charge in [-0.3, -0.25) is 0 Å². The van der Waals surface area contributed by atoms with E-state index in [9.17, 15) is 4.79 Å². The highest BCUT2D eigenvalue weighted by Gasteiger charge is 2.12. The molecule has 0 spiro atoms. The fourth-order valence-corrected chi connectivity index (χ4v) is 1.65. The Bertz CT molecular complexity index is 514. The molecule has 14 heavy (non-hydrogen) atoms. The second kappa shape index (κ2) is 2.83. The monoisotopic (exact) mass is 190 g/mol. The minimum absolute atomic E-state index is 0.252. The maximum Gasteiger partial charge on any atom is 0.339 e. The number of aromatic nitrogens is 2. The van der Waals surface area contributed by atoms with Crippen molar-refractivity contribution < 1.29 is 9.90 Å². The largest absolute Gasteiger partial charge is 0.478 e. The molecule has 2 rings (SSSR count). The highest BCUT2D eigenvalue weighted by Crippen LogP contribution is 2.16. The van der Waals surface area contributed by atoms with E-state index in [1.54, 1.807) is 4.52 Å². The molecule has 0 aliphatic heterocycles. The molecule has 0 fully saturated rings. The topological polar surface area (TPSA) is 54.6 Å². The molecule has 2 heterocycles. The molecule has 2 aromatic heterocycles. The lowest BCUT2D eigenvalue weighted by atomic mass is 10.1. The van der Waals surface area contributed by atoms with Crippen molar-refractivity contribution in [1.82, 2.24) is 9.61 Å². The number of rotatable bonds is 1. The molecule has 1 N–H and O–H groups in total. The molecule has 0 amide bonds. The van der Waals surface area contributed by atoms with Crippen LogP contribution in [0.5, 0.6) is 0 Å². The van der Waals surface area contributed by atoms with Gasteiger partial charge in [0.15, 0.2) is 0 Å². The van der Waals surface area contributed by atoms with E-state index in [2.05, 4.69) is 5.10 Å². The van der Waals surface area contributed by atoms with Crippen LogP contribution < -0.4 is 0 Å². The van der Waals surface area contributed by atoms with Crippen molar-refractivity contribution in [3.63, 3.8) is 0 Å². The highest BCUT2D eigenvalue weighted by molar-refractivity contribution is 5.96. The summed E-state index contributed by atoms with van der Waals surface area (Å²) in [7, 11) is 0.